The highest BCUT2D eigenvalue weighted by atomic mass is 16.5. The zero-order valence-electron chi connectivity index (χ0n) is 13.1. The minimum atomic E-state index is 0.530. The lowest BCUT2D eigenvalue weighted by molar-refractivity contribution is -0.464. The number of hydrogen-bond donors (Lipinski definition) is 0. The van der Waals surface area contributed by atoms with E-state index in [0.717, 1.165) is 30.0 Å². The maximum atomic E-state index is 5.78. The molecule has 0 aromatic carbocycles. The van der Waals surface area contributed by atoms with Crippen molar-refractivity contribution in [2.45, 2.75) is 40.5 Å². The average molecular weight is 274 g/mol. The highest BCUT2D eigenvalue weighted by Crippen LogP contribution is 2.14. The Labute approximate surface area is 123 Å². The van der Waals surface area contributed by atoms with Gasteiger partial charge in [-0.15, -0.1) is 0 Å². The van der Waals surface area contributed by atoms with Gasteiger partial charge in [0.05, 0.1) is 12.7 Å². The zero-order chi connectivity index (χ0) is 15.0. The molecule has 0 amide bonds. The van der Waals surface area contributed by atoms with Crippen molar-refractivity contribution in [3.63, 3.8) is 0 Å². The molecule has 0 heterocycles. The standard InChI is InChI=1S/C18H26O2/c1-6-14(4)12-19-17-9-10-18(16(8-3)11-17)20-13-15(5)7-2/h3,8,10-11,14-15H,6-7,12-13H2,1-2,4-5H3. The van der Waals surface area contributed by atoms with Crippen LogP contribution in [0.15, 0.2) is 35.3 Å². The lowest BCUT2D eigenvalue weighted by Gasteiger charge is -2.14. The van der Waals surface area contributed by atoms with E-state index in [1.54, 1.807) is 6.08 Å². The fourth-order valence-corrected chi connectivity index (χ4v) is 1.51. The summed E-state index contributed by atoms with van der Waals surface area (Å²) in [5.41, 5.74) is 3.96. The molecule has 0 fully saturated rings. The Kier molecular flexibility index (Phi) is 7.11. The van der Waals surface area contributed by atoms with Gasteiger partial charge < -0.3 is 4.74 Å². The Bertz CT molecular complexity index is 448. The van der Waals surface area contributed by atoms with Crippen LogP contribution < -0.4 is 0 Å². The summed E-state index contributed by atoms with van der Waals surface area (Å²) in [6.45, 7) is 15.7. The Hall–Kier alpha value is -1.53. The molecule has 20 heavy (non-hydrogen) atoms. The molecule has 0 spiro atoms. The van der Waals surface area contributed by atoms with Crippen molar-refractivity contribution >= 4 is 5.78 Å². The third-order valence-corrected chi connectivity index (χ3v) is 3.54. The predicted molar refractivity (Wildman–Crippen MR) is 83.3 cm³/mol. The largest absolute Gasteiger partial charge is 0.487 e. The number of ketones is 1. The van der Waals surface area contributed by atoms with Crippen molar-refractivity contribution in [1.82, 2.24) is 0 Å². The Morgan fingerprint density at radius 3 is 2.60 bits per heavy atom. The molecular formula is C18H26O2. The van der Waals surface area contributed by atoms with E-state index in [-0.39, 0.29) is 0 Å². The topological polar surface area (TPSA) is 20.5 Å². The van der Waals surface area contributed by atoms with E-state index in [0.29, 0.717) is 25.0 Å². The fraction of sp³-hybridized carbons (Fsp3) is 0.556. The van der Waals surface area contributed by atoms with Gasteiger partial charge in [0.15, 0.2) is 0 Å². The molecule has 0 radical (unpaired) electrons. The monoisotopic (exact) mass is 274 g/mol. The number of hydrogen-bond acceptors (Lipinski definition) is 1. The molecule has 2 atom stereocenters. The first-order chi connectivity index (χ1) is 9.60. The van der Waals surface area contributed by atoms with Gasteiger partial charge in [-0.1, -0.05) is 51.5 Å². The normalized spacial score (nSPS) is 19.3. The van der Waals surface area contributed by atoms with Crippen molar-refractivity contribution in [2.24, 2.45) is 11.8 Å². The molecule has 0 aromatic rings. The summed E-state index contributed by atoms with van der Waals surface area (Å²) in [5, 5.41) is 0. The molecule has 2 heteroatoms. The molecule has 2 nitrogen and oxygen atoms in total. The molecule has 0 N–H and O–H groups in total. The molecule has 0 saturated heterocycles. The molecule has 110 valence electrons. The van der Waals surface area contributed by atoms with E-state index in [1.165, 1.54) is 0 Å². The summed E-state index contributed by atoms with van der Waals surface area (Å²) in [7, 11) is 0. The van der Waals surface area contributed by atoms with Crippen LogP contribution in [0.5, 0.6) is 0 Å². The molecule has 0 saturated carbocycles. The summed E-state index contributed by atoms with van der Waals surface area (Å²) >= 11 is 0. The second-order valence-electron chi connectivity index (χ2n) is 5.43. The second-order valence-corrected chi connectivity index (χ2v) is 5.43. The maximum Gasteiger partial charge on any atom is 0.282 e. The SMILES string of the molecule is [CH-]=CC1=CC(OCC(C)CC)=C=CC1=[O+]CC(C)CC. The van der Waals surface area contributed by atoms with Gasteiger partial charge in [0, 0.05) is 5.92 Å². The summed E-state index contributed by atoms with van der Waals surface area (Å²) in [6.07, 6.45) is 7.45. The van der Waals surface area contributed by atoms with Gasteiger partial charge in [-0.2, -0.15) is 0 Å². The van der Waals surface area contributed by atoms with Crippen molar-refractivity contribution in [2.75, 3.05) is 13.2 Å². The summed E-state index contributed by atoms with van der Waals surface area (Å²) < 4.78 is 11.5. The zero-order valence-corrected chi connectivity index (χ0v) is 13.1. The van der Waals surface area contributed by atoms with Crippen LogP contribution in [0, 0.1) is 18.4 Å². The smallest absolute Gasteiger partial charge is 0.282 e. The third kappa shape index (κ3) is 5.22. The van der Waals surface area contributed by atoms with Crippen molar-refractivity contribution in [1.29, 1.82) is 0 Å². The fourth-order valence-electron chi connectivity index (χ4n) is 1.51. The van der Waals surface area contributed by atoms with Gasteiger partial charge in [0.1, 0.15) is 5.76 Å². The van der Waals surface area contributed by atoms with E-state index in [1.807, 2.05) is 12.2 Å². The first-order valence-electron chi connectivity index (χ1n) is 7.46. The predicted octanol–water partition coefficient (Wildman–Crippen LogP) is 4.17. The number of carbonyl (C=O) groups excluding carboxylic acids is 1. The molecule has 0 bridgehead atoms. The molecule has 0 aromatic heterocycles. The van der Waals surface area contributed by atoms with Crippen LogP contribution in [0.3, 0.4) is 0 Å². The van der Waals surface area contributed by atoms with Gasteiger partial charge >= 0.3 is 0 Å². The maximum absolute atomic E-state index is 5.78. The number of rotatable bonds is 8. The van der Waals surface area contributed by atoms with Gasteiger partial charge in [-0.3, -0.25) is 11.0 Å². The second kappa shape index (κ2) is 8.60. The van der Waals surface area contributed by atoms with Gasteiger partial charge in [0.2, 0.25) is 0 Å². The highest BCUT2D eigenvalue weighted by molar-refractivity contribution is 6.07. The quantitative estimate of drug-likeness (QED) is 0.369. The van der Waals surface area contributed by atoms with Crippen molar-refractivity contribution < 1.29 is 9.16 Å². The minimum absolute atomic E-state index is 0.530. The Morgan fingerprint density at radius 1 is 1.30 bits per heavy atom. The Morgan fingerprint density at radius 2 is 2.00 bits per heavy atom. The van der Waals surface area contributed by atoms with Gasteiger partial charge in [-0.05, 0) is 12.3 Å². The van der Waals surface area contributed by atoms with Crippen LogP contribution in [-0.4, -0.2) is 19.0 Å². The Balaban J connectivity index is 2.75. The van der Waals surface area contributed by atoms with Crippen molar-refractivity contribution in [3.05, 3.63) is 41.9 Å². The van der Waals surface area contributed by atoms with Crippen LogP contribution in [0.4, 0.5) is 0 Å². The van der Waals surface area contributed by atoms with E-state index in [2.05, 4.69) is 33.4 Å². The molecule has 0 aliphatic heterocycles. The number of allylic oxidation sites excluding steroid dienone is 3. The van der Waals surface area contributed by atoms with E-state index >= 15 is 0 Å². The summed E-state index contributed by atoms with van der Waals surface area (Å²) in [5.74, 6) is 2.55. The number of ether oxygens (including phenoxy) is 1. The van der Waals surface area contributed by atoms with Crippen LogP contribution in [0.25, 0.3) is 0 Å². The van der Waals surface area contributed by atoms with Crippen LogP contribution in [-0.2, 0) is 9.16 Å². The molecule has 1 aliphatic carbocycles. The van der Waals surface area contributed by atoms with Crippen LogP contribution in [0.1, 0.15) is 40.5 Å². The highest BCUT2D eigenvalue weighted by Gasteiger charge is 2.13. The molecule has 1 rings (SSSR count). The minimum Gasteiger partial charge on any atom is -0.487 e. The van der Waals surface area contributed by atoms with Crippen LogP contribution in [0.2, 0.25) is 0 Å². The lowest BCUT2D eigenvalue weighted by atomic mass is 10.1. The summed E-state index contributed by atoms with van der Waals surface area (Å²) in [4.78, 5) is 0. The van der Waals surface area contributed by atoms with E-state index in [9.17, 15) is 0 Å². The third-order valence-electron chi connectivity index (χ3n) is 3.54. The van der Waals surface area contributed by atoms with Gasteiger partial charge in [-0.25, -0.2) is 6.08 Å². The van der Waals surface area contributed by atoms with Crippen molar-refractivity contribution in [3.8, 4) is 0 Å². The van der Waals surface area contributed by atoms with Gasteiger partial charge in [0.25, 0.3) is 12.4 Å². The average Bonchev–Trinajstić information content (AvgIpc) is 2.50. The molecule has 2 unspecified atom stereocenters. The lowest BCUT2D eigenvalue weighted by Crippen LogP contribution is -2.11. The van der Waals surface area contributed by atoms with Crippen LogP contribution >= 0.6 is 0 Å². The van der Waals surface area contributed by atoms with E-state index in [4.69, 9.17) is 15.7 Å². The first-order valence-corrected chi connectivity index (χ1v) is 7.46. The molecular weight excluding hydrogens is 248 g/mol. The first kappa shape index (κ1) is 16.5. The summed E-state index contributed by atoms with van der Waals surface area (Å²) in [6, 6.07) is 0. The van der Waals surface area contributed by atoms with E-state index < -0.39 is 0 Å². The molecule has 1 aliphatic rings.